The Hall–Kier alpha value is -3.07. The number of carbonyl (C=O) groups is 1. The molecule has 1 fully saturated rings. The number of ether oxygens (including phenoxy) is 2. The van der Waals surface area contributed by atoms with E-state index in [0.29, 0.717) is 25.2 Å². The van der Waals surface area contributed by atoms with Crippen molar-refractivity contribution in [2.75, 3.05) is 0 Å². The van der Waals surface area contributed by atoms with E-state index in [1.807, 2.05) is 30.3 Å². The van der Waals surface area contributed by atoms with Gasteiger partial charge in [-0.1, -0.05) is 66.7 Å². The molecule has 33 heavy (non-hydrogen) atoms. The number of aryl methyl sites for hydroxylation is 1. The minimum absolute atomic E-state index is 0.123. The van der Waals surface area contributed by atoms with Crippen LogP contribution in [0.15, 0.2) is 78.9 Å². The number of benzene rings is 3. The summed E-state index contributed by atoms with van der Waals surface area (Å²) in [6, 6.07) is 27.0. The summed E-state index contributed by atoms with van der Waals surface area (Å²) in [5.41, 5.74) is 3.62. The molecule has 0 radical (unpaired) electrons. The second kappa shape index (κ2) is 11.7. The molecule has 1 aliphatic rings. The first-order valence-electron chi connectivity index (χ1n) is 12.2. The molecule has 0 spiro atoms. The zero-order chi connectivity index (χ0) is 22.9. The highest BCUT2D eigenvalue weighted by Crippen LogP contribution is 2.38. The first-order chi connectivity index (χ1) is 16.2. The second-order valence-electron chi connectivity index (χ2n) is 9.11. The van der Waals surface area contributed by atoms with Crippen LogP contribution in [0.2, 0.25) is 0 Å². The quantitative estimate of drug-likeness (QED) is 0.331. The van der Waals surface area contributed by atoms with Gasteiger partial charge in [0.15, 0.2) is 0 Å². The van der Waals surface area contributed by atoms with E-state index >= 15 is 0 Å². The maximum Gasteiger partial charge on any atom is 0.133 e. The third-order valence-electron chi connectivity index (χ3n) is 6.40. The van der Waals surface area contributed by atoms with Crippen molar-refractivity contribution in [2.45, 2.75) is 70.5 Å². The first kappa shape index (κ1) is 23.1. The molecule has 0 aliphatic heterocycles. The van der Waals surface area contributed by atoms with Crippen LogP contribution in [0.5, 0.6) is 11.5 Å². The lowest BCUT2D eigenvalue weighted by Gasteiger charge is -2.24. The second-order valence-corrected chi connectivity index (χ2v) is 9.11. The topological polar surface area (TPSA) is 35.5 Å². The lowest BCUT2D eigenvalue weighted by molar-refractivity contribution is -0.120. The molecule has 0 N–H and O–H groups in total. The molecule has 0 aromatic heterocycles. The Balaban J connectivity index is 1.42. The molecule has 0 amide bonds. The van der Waals surface area contributed by atoms with E-state index in [1.54, 1.807) is 0 Å². The minimum atomic E-state index is 0.123. The van der Waals surface area contributed by atoms with Gasteiger partial charge in [0.1, 0.15) is 23.9 Å². The molecule has 0 saturated heterocycles. The van der Waals surface area contributed by atoms with Crippen LogP contribution < -0.4 is 9.47 Å². The normalized spacial score (nSPS) is 16.9. The number of rotatable bonds is 10. The van der Waals surface area contributed by atoms with E-state index in [0.717, 1.165) is 54.7 Å². The van der Waals surface area contributed by atoms with Gasteiger partial charge in [0.25, 0.3) is 0 Å². The van der Waals surface area contributed by atoms with Gasteiger partial charge in [-0.05, 0) is 67.7 Å². The average Bonchev–Trinajstić information content (AvgIpc) is 2.84. The molecular weight excluding hydrogens is 408 g/mol. The van der Waals surface area contributed by atoms with Crippen molar-refractivity contribution in [3.05, 3.63) is 95.6 Å². The first-order valence-corrected chi connectivity index (χ1v) is 12.2. The molecule has 0 heterocycles. The summed E-state index contributed by atoms with van der Waals surface area (Å²) < 4.78 is 12.5. The predicted octanol–water partition coefficient (Wildman–Crippen LogP) is 7.28. The zero-order valence-corrected chi connectivity index (χ0v) is 19.5. The summed E-state index contributed by atoms with van der Waals surface area (Å²) in [6.45, 7) is 2.63. The lowest BCUT2D eigenvalue weighted by Crippen LogP contribution is -2.15. The summed E-state index contributed by atoms with van der Waals surface area (Å²) in [6.07, 6.45) is 6.57. The van der Waals surface area contributed by atoms with Crippen LogP contribution in [0.1, 0.15) is 68.1 Å². The number of ketones is 1. The van der Waals surface area contributed by atoms with E-state index in [2.05, 4.69) is 55.5 Å². The lowest BCUT2D eigenvalue weighted by atomic mass is 9.83. The van der Waals surface area contributed by atoms with E-state index in [9.17, 15) is 4.79 Å². The van der Waals surface area contributed by atoms with E-state index < -0.39 is 0 Å². The van der Waals surface area contributed by atoms with Crippen LogP contribution in [0, 0.1) is 0 Å². The molecule has 2 unspecified atom stereocenters. The highest BCUT2D eigenvalue weighted by Gasteiger charge is 2.24. The van der Waals surface area contributed by atoms with Gasteiger partial charge >= 0.3 is 0 Å². The SMILES string of the molecule is CC(CCCc1ccccc1)Oc1ccc(C2CCCC(=O)C2)c(OCc2ccccc2)c1. The average molecular weight is 443 g/mol. The van der Waals surface area contributed by atoms with Gasteiger partial charge in [-0.2, -0.15) is 0 Å². The van der Waals surface area contributed by atoms with Crippen LogP contribution >= 0.6 is 0 Å². The van der Waals surface area contributed by atoms with Gasteiger partial charge in [-0.15, -0.1) is 0 Å². The van der Waals surface area contributed by atoms with Crippen LogP contribution in [0.4, 0.5) is 0 Å². The summed E-state index contributed by atoms with van der Waals surface area (Å²) in [4.78, 5) is 12.1. The molecule has 2 atom stereocenters. The standard InChI is InChI=1S/C30H34O3/c1-23(10-8-15-24-11-4-2-5-12-24)33-28-18-19-29(26-16-9-17-27(31)20-26)30(21-28)32-22-25-13-6-3-7-14-25/h2-7,11-14,18-19,21,23,26H,8-10,15-17,20,22H2,1H3. The van der Waals surface area contributed by atoms with Gasteiger partial charge in [0.05, 0.1) is 6.10 Å². The Morgan fingerprint density at radius 2 is 1.67 bits per heavy atom. The smallest absolute Gasteiger partial charge is 0.133 e. The maximum atomic E-state index is 12.1. The van der Waals surface area contributed by atoms with Crippen molar-refractivity contribution >= 4 is 5.78 Å². The molecule has 3 aromatic rings. The van der Waals surface area contributed by atoms with Crippen molar-refractivity contribution in [3.8, 4) is 11.5 Å². The van der Waals surface area contributed by atoms with E-state index in [4.69, 9.17) is 9.47 Å². The van der Waals surface area contributed by atoms with Crippen LogP contribution in [-0.4, -0.2) is 11.9 Å². The van der Waals surface area contributed by atoms with E-state index in [-0.39, 0.29) is 12.0 Å². The highest BCUT2D eigenvalue weighted by atomic mass is 16.5. The monoisotopic (exact) mass is 442 g/mol. The highest BCUT2D eigenvalue weighted by molar-refractivity contribution is 5.80. The van der Waals surface area contributed by atoms with Crippen LogP contribution in [0.3, 0.4) is 0 Å². The number of Topliss-reactive ketones (excluding diaryl/α,β-unsaturated/α-hetero) is 1. The van der Waals surface area contributed by atoms with Gasteiger partial charge < -0.3 is 9.47 Å². The molecule has 1 aliphatic carbocycles. The predicted molar refractivity (Wildman–Crippen MR) is 133 cm³/mol. The molecule has 0 bridgehead atoms. The molecule has 1 saturated carbocycles. The number of hydrogen-bond acceptors (Lipinski definition) is 3. The van der Waals surface area contributed by atoms with Crippen molar-refractivity contribution in [2.24, 2.45) is 0 Å². The Bertz CT molecular complexity index is 1010. The van der Waals surface area contributed by atoms with Gasteiger partial charge in [0.2, 0.25) is 0 Å². The number of hydrogen-bond donors (Lipinski definition) is 0. The van der Waals surface area contributed by atoms with Crippen LogP contribution in [0.25, 0.3) is 0 Å². The fourth-order valence-electron chi connectivity index (χ4n) is 4.61. The Morgan fingerprint density at radius 3 is 2.39 bits per heavy atom. The molecule has 172 valence electrons. The Kier molecular flexibility index (Phi) is 8.19. The van der Waals surface area contributed by atoms with Gasteiger partial charge in [-0.3, -0.25) is 4.79 Å². The third-order valence-corrected chi connectivity index (χ3v) is 6.40. The number of carbonyl (C=O) groups excluding carboxylic acids is 1. The maximum absolute atomic E-state index is 12.1. The largest absolute Gasteiger partial charge is 0.491 e. The van der Waals surface area contributed by atoms with E-state index in [1.165, 1.54) is 5.56 Å². The molecule has 3 nitrogen and oxygen atoms in total. The Labute approximate surface area is 197 Å². The summed E-state index contributed by atoms with van der Waals surface area (Å²) in [5.74, 6) is 2.26. The fourth-order valence-corrected chi connectivity index (χ4v) is 4.61. The summed E-state index contributed by atoms with van der Waals surface area (Å²) in [7, 11) is 0. The van der Waals surface area contributed by atoms with Crippen LogP contribution in [-0.2, 0) is 17.8 Å². The van der Waals surface area contributed by atoms with Crippen molar-refractivity contribution < 1.29 is 14.3 Å². The van der Waals surface area contributed by atoms with Crippen molar-refractivity contribution in [1.82, 2.24) is 0 Å². The Morgan fingerprint density at radius 1 is 0.939 bits per heavy atom. The summed E-state index contributed by atoms with van der Waals surface area (Å²) in [5, 5.41) is 0. The fraction of sp³-hybridized carbons (Fsp3) is 0.367. The van der Waals surface area contributed by atoms with Gasteiger partial charge in [-0.25, -0.2) is 0 Å². The zero-order valence-electron chi connectivity index (χ0n) is 19.5. The molecular formula is C30H34O3. The molecule has 3 heteroatoms. The van der Waals surface area contributed by atoms with Crippen molar-refractivity contribution in [1.29, 1.82) is 0 Å². The third kappa shape index (κ3) is 6.95. The minimum Gasteiger partial charge on any atom is -0.491 e. The molecule has 3 aromatic carbocycles. The van der Waals surface area contributed by atoms with Gasteiger partial charge in [0, 0.05) is 18.9 Å². The molecule has 4 rings (SSSR count). The summed E-state index contributed by atoms with van der Waals surface area (Å²) >= 11 is 0. The van der Waals surface area contributed by atoms with Crippen molar-refractivity contribution in [3.63, 3.8) is 0 Å².